The maximum absolute atomic E-state index is 12.6. The predicted octanol–water partition coefficient (Wildman–Crippen LogP) is 1.09. The minimum atomic E-state index is -4.35. The second-order valence-electron chi connectivity index (χ2n) is 5.62. The summed E-state index contributed by atoms with van der Waals surface area (Å²) in [6, 6.07) is 9.37. The molecule has 0 radical (unpaired) electrons. The molecule has 3 aromatic rings. The zero-order chi connectivity index (χ0) is 19.8. The van der Waals surface area contributed by atoms with E-state index in [2.05, 4.69) is 15.5 Å². The molecule has 0 saturated carbocycles. The standard InChI is InChI=1S/C16H15N3O6S2/c1-17-16(20)15-11-9-10(7-8-12(11)18-19-15)27(23,24)25-13-5-3-4-6-14(13)26(2,21)22/h3-9H,1-2H3,(H,17,20)(H,18,19). The molecule has 0 aliphatic rings. The predicted molar refractivity (Wildman–Crippen MR) is 96.8 cm³/mol. The van der Waals surface area contributed by atoms with Crippen molar-refractivity contribution >= 4 is 36.8 Å². The van der Waals surface area contributed by atoms with E-state index in [1.54, 1.807) is 0 Å². The van der Waals surface area contributed by atoms with Gasteiger partial charge in [0.15, 0.2) is 21.3 Å². The molecule has 0 aliphatic carbocycles. The number of para-hydroxylation sites is 1. The van der Waals surface area contributed by atoms with Crippen LogP contribution in [0.25, 0.3) is 10.9 Å². The average molecular weight is 409 g/mol. The number of benzene rings is 2. The Hall–Kier alpha value is -2.92. The van der Waals surface area contributed by atoms with Crippen LogP contribution in [0.15, 0.2) is 52.3 Å². The third-order valence-electron chi connectivity index (χ3n) is 3.71. The molecule has 0 unspecified atom stereocenters. The van der Waals surface area contributed by atoms with E-state index < -0.39 is 25.9 Å². The third kappa shape index (κ3) is 3.64. The van der Waals surface area contributed by atoms with Crippen molar-refractivity contribution in [2.24, 2.45) is 0 Å². The van der Waals surface area contributed by atoms with E-state index in [0.717, 1.165) is 6.26 Å². The molecule has 9 nitrogen and oxygen atoms in total. The second-order valence-corrected chi connectivity index (χ2v) is 9.15. The number of nitrogens with zero attached hydrogens (tertiary/aromatic N) is 1. The topological polar surface area (TPSA) is 135 Å². The summed E-state index contributed by atoms with van der Waals surface area (Å²) >= 11 is 0. The summed E-state index contributed by atoms with van der Waals surface area (Å²) in [6.07, 6.45) is 0.953. The number of aromatic nitrogens is 2. The number of sulfone groups is 1. The number of carbonyl (C=O) groups excluding carboxylic acids is 1. The fourth-order valence-corrected chi connectivity index (χ4v) is 4.26. The average Bonchev–Trinajstić information content (AvgIpc) is 3.03. The fourth-order valence-electron chi connectivity index (χ4n) is 2.43. The highest BCUT2D eigenvalue weighted by Gasteiger charge is 2.23. The molecule has 142 valence electrons. The second kappa shape index (κ2) is 6.67. The monoisotopic (exact) mass is 409 g/mol. The number of nitrogens with one attached hydrogen (secondary N) is 2. The molecule has 0 bridgehead atoms. The Balaban J connectivity index is 2.08. The van der Waals surface area contributed by atoms with Crippen LogP contribution in [0.5, 0.6) is 5.75 Å². The van der Waals surface area contributed by atoms with Crippen molar-refractivity contribution in [2.75, 3.05) is 13.3 Å². The molecule has 0 atom stereocenters. The van der Waals surface area contributed by atoms with Crippen LogP contribution in [0.3, 0.4) is 0 Å². The number of carbonyl (C=O) groups is 1. The largest absolute Gasteiger partial charge is 0.378 e. The van der Waals surface area contributed by atoms with Crippen LogP contribution in [0.4, 0.5) is 0 Å². The van der Waals surface area contributed by atoms with Crippen LogP contribution >= 0.6 is 0 Å². The number of amides is 1. The zero-order valence-electron chi connectivity index (χ0n) is 14.3. The molecule has 2 aromatic carbocycles. The Kier molecular flexibility index (Phi) is 4.66. The Morgan fingerprint density at radius 3 is 2.48 bits per heavy atom. The van der Waals surface area contributed by atoms with Gasteiger partial charge in [0.2, 0.25) is 0 Å². The van der Waals surface area contributed by atoms with Gasteiger partial charge in [0, 0.05) is 18.7 Å². The van der Waals surface area contributed by atoms with Crippen LogP contribution in [-0.4, -0.2) is 46.2 Å². The van der Waals surface area contributed by atoms with Crippen molar-refractivity contribution < 1.29 is 25.8 Å². The Bertz CT molecular complexity index is 1250. The van der Waals surface area contributed by atoms with E-state index in [0.29, 0.717) is 5.52 Å². The lowest BCUT2D eigenvalue weighted by Gasteiger charge is -2.10. The van der Waals surface area contributed by atoms with E-state index in [4.69, 9.17) is 4.18 Å². The summed E-state index contributed by atoms with van der Waals surface area (Å²) in [6.45, 7) is 0. The van der Waals surface area contributed by atoms with Crippen molar-refractivity contribution in [3.05, 3.63) is 48.2 Å². The van der Waals surface area contributed by atoms with Gasteiger partial charge in [-0.2, -0.15) is 13.5 Å². The first-order chi connectivity index (χ1) is 12.6. The number of H-pyrrole nitrogens is 1. The minimum Gasteiger partial charge on any atom is -0.378 e. The fraction of sp³-hybridized carbons (Fsp3) is 0.125. The lowest BCUT2D eigenvalue weighted by Crippen LogP contribution is -2.18. The summed E-state index contributed by atoms with van der Waals surface area (Å²) in [5, 5.41) is 9.20. The van der Waals surface area contributed by atoms with E-state index >= 15 is 0 Å². The van der Waals surface area contributed by atoms with Gasteiger partial charge in [-0.1, -0.05) is 12.1 Å². The van der Waals surface area contributed by atoms with Gasteiger partial charge in [0.25, 0.3) is 5.91 Å². The van der Waals surface area contributed by atoms with Crippen molar-refractivity contribution in [3.63, 3.8) is 0 Å². The molecule has 0 aliphatic heterocycles. The first kappa shape index (κ1) is 18.9. The summed E-state index contributed by atoms with van der Waals surface area (Å²) in [5.74, 6) is -0.794. The molecule has 0 saturated heterocycles. The number of fused-ring (bicyclic) bond motifs is 1. The van der Waals surface area contributed by atoms with E-state index in [-0.39, 0.29) is 26.6 Å². The van der Waals surface area contributed by atoms with Crippen LogP contribution in [0.1, 0.15) is 10.5 Å². The third-order valence-corrected chi connectivity index (χ3v) is 6.08. The minimum absolute atomic E-state index is 0.0288. The summed E-state index contributed by atoms with van der Waals surface area (Å²) in [7, 11) is -6.62. The maximum Gasteiger partial charge on any atom is 0.339 e. The number of rotatable bonds is 5. The lowest BCUT2D eigenvalue weighted by atomic mass is 10.2. The molecular weight excluding hydrogens is 394 g/mol. The van der Waals surface area contributed by atoms with Gasteiger partial charge in [0.1, 0.15) is 9.79 Å². The molecule has 11 heteroatoms. The van der Waals surface area contributed by atoms with Gasteiger partial charge in [-0.25, -0.2) is 8.42 Å². The molecule has 27 heavy (non-hydrogen) atoms. The molecule has 1 aromatic heterocycles. The van der Waals surface area contributed by atoms with Gasteiger partial charge in [-0.3, -0.25) is 9.89 Å². The Morgan fingerprint density at radius 1 is 1.11 bits per heavy atom. The first-order valence-corrected chi connectivity index (χ1v) is 10.9. The number of hydrogen-bond acceptors (Lipinski definition) is 7. The summed E-state index contributed by atoms with van der Waals surface area (Å²) < 4.78 is 54.0. The number of hydrogen-bond donors (Lipinski definition) is 2. The van der Waals surface area contributed by atoms with Gasteiger partial charge in [-0.15, -0.1) is 0 Å². The summed E-state index contributed by atoms with van der Waals surface area (Å²) in [4.78, 5) is 11.4. The maximum atomic E-state index is 12.6. The van der Waals surface area contributed by atoms with Crippen LogP contribution in [0, 0.1) is 0 Å². The normalized spacial score (nSPS) is 12.1. The molecule has 3 rings (SSSR count). The smallest absolute Gasteiger partial charge is 0.339 e. The van der Waals surface area contributed by atoms with Crippen LogP contribution < -0.4 is 9.50 Å². The highest BCUT2D eigenvalue weighted by Crippen LogP contribution is 2.28. The van der Waals surface area contributed by atoms with E-state index in [1.165, 1.54) is 49.5 Å². The number of aromatic amines is 1. The van der Waals surface area contributed by atoms with Gasteiger partial charge in [-0.05, 0) is 30.3 Å². The van der Waals surface area contributed by atoms with Crippen LogP contribution in [-0.2, 0) is 20.0 Å². The first-order valence-electron chi connectivity index (χ1n) is 7.57. The van der Waals surface area contributed by atoms with Gasteiger partial charge >= 0.3 is 10.1 Å². The van der Waals surface area contributed by atoms with E-state index in [1.807, 2.05) is 0 Å². The zero-order valence-corrected chi connectivity index (χ0v) is 15.9. The quantitative estimate of drug-likeness (QED) is 0.602. The lowest BCUT2D eigenvalue weighted by molar-refractivity contribution is 0.0959. The van der Waals surface area contributed by atoms with Gasteiger partial charge in [0.05, 0.1) is 5.52 Å². The Morgan fingerprint density at radius 2 is 1.81 bits per heavy atom. The van der Waals surface area contributed by atoms with Crippen molar-refractivity contribution in [2.45, 2.75) is 9.79 Å². The van der Waals surface area contributed by atoms with Gasteiger partial charge < -0.3 is 9.50 Å². The molecule has 1 amide bonds. The molecule has 0 fully saturated rings. The summed E-state index contributed by atoms with van der Waals surface area (Å²) in [5.41, 5.74) is 0.491. The van der Waals surface area contributed by atoms with Crippen molar-refractivity contribution in [1.82, 2.24) is 15.5 Å². The highest BCUT2D eigenvalue weighted by molar-refractivity contribution is 7.91. The molecule has 0 spiro atoms. The van der Waals surface area contributed by atoms with Crippen molar-refractivity contribution in [1.29, 1.82) is 0 Å². The molecular formula is C16H15N3O6S2. The van der Waals surface area contributed by atoms with Crippen LogP contribution in [0.2, 0.25) is 0 Å². The van der Waals surface area contributed by atoms with E-state index in [9.17, 15) is 21.6 Å². The molecule has 2 N–H and O–H groups in total. The SMILES string of the molecule is CNC(=O)c1n[nH]c2ccc(S(=O)(=O)Oc3ccccc3S(C)(=O)=O)cc12. The Labute approximate surface area is 155 Å². The highest BCUT2D eigenvalue weighted by atomic mass is 32.2. The van der Waals surface area contributed by atoms with Crippen molar-refractivity contribution in [3.8, 4) is 5.75 Å². The molecule has 1 heterocycles.